The van der Waals surface area contributed by atoms with Crippen LogP contribution in [0.1, 0.15) is 18.1 Å². The first-order valence-corrected chi connectivity index (χ1v) is 9.51. The van der Waals surface area contributed by atoms with Gasteiger partial charge in [-0.2, -0.15) is 4.31 Å². The van der Waals surface area contributed by atoms with Gasteiger partial charge >= 0.3 is 0 Å². The zero-order valence-corrected chi connectivity index (χ0v) is 15.8. The smallest absolute Gasteiger partial charge is 0.247 e. The van der Waals surface area contributed by atoms with Gasteiger partial charge in [0.05, 0.1) is 7.11 Å². The molecule has 0 bridgehead atoms. The van der Waals surface area contributed by atoms with Crippen LogP contribution in [0.4, 0.5) is 0 Å². The van der Waals surface area contributed by atoms with E-state index in [1.807, 2.05) is 38.1 Å². The summed E-state index contributed by atoms with van der Waals surface area (Å²) in [6, 6.07) is 12.8. The van der Waals surface area contributed by atoms with Crippen LogP contribution < -0.4 is 4.74 Å². The van der Waals surface area contributed by atoms with E-state index in [4.69, 9.17) is 4.74 Å². The van der Waals surface area contributed by atoms with Crippen LogP contribution in [0.2, 0.25) is 0 Å². The Morgan fingerprint density at radius 3 is 2.52 bits per heavy atom. The van der Waals surface area contributed by atoms with E-state index in [9.17, 15) is 8.42 Å². The topological polar surface area (TPSA) is 46.6 Å². The fourth-order valence-electron chi connectivity index (χ4n) is 2.37. The summed E-state index contributed by atoms with van der Waals surface area (Å²) in [5, 5.41) is 0. The minimum atomic E-state index is -3.65. The Balaban J connectivity index is 2.41. The van der Waals surface area contributed by atoms with Gasteiger partial charge in [0.1, 0.15) is 10.6 Å². The molecule has 124 valence electrons. The predicted octanol–water partition coefficient (Wildman–Crippen LogP) is 3.98. The number of benzene rings is 2. The molecule has 0 radical (unpaired) electrons. The number of ether oxygens (including phenoxy) is 1. The average Bonchev–Trinajstić information content (AvgIpc) is 2.52. The first kappa shape index (κ1) is 18.0. The number of methoxy groups -OCH3 is 1. The summed E-state index contributed by atoms with van der Waals surface area (Å²) in [7, 11) is -2.18. The molecule has 0 aliphatic heterocycles. The van der Waals surface area contributed by atoms with Gasteiger partial charge in [-0.25, -0.2) is 8.42 Å². The van der Waals surface area contributed by atoms with Crippen molar-refractivity contribution in [3.8, 4) is 5.75 Å². The van der Waals surface area contributed by atoms with Gasteiger partial charge in [-0.3, -0.25) is 0 Å². The van der Waals surface area contributed by atoms with Gasteiger partial charge in [0.15, 0.2) is 0 Å². The van der Waals surface area contributed by atoms with Crippen molar-refractivity contribution in [2.75, 3.05) is 13.7 Å². The first-order valence-electron chi connectivity index (χ1n) is 7.27. The van der Waals surface area contributed by atoms with E-state index in [0.29, 0.717) is 23.3 Å². The second-order valence-corrected chi connectivity index (χ2v) is 8.04. The molecule has 0 heterocycles. The number of halogens is 1. The van der Waals surface area contributed by atoms with E-state index in [2.05, 4.69) is 15.9 Å². The van der Waals surface area contributed by atoms with E-state index < -0.39 is 10.0 Å². The van der Waals surface area contributed by atoms with Gasteiger partial charge in [0, 0.05) is 17.6 Å². The normalized spacial score (nSPS) is 11.7. The third-order valence-corrected chi connectivity index (χ3v) is 5.97. The number of hydrogen-bond donors (Lipinski definition) is 0. The van der Waals surface area contributed by atoms with Crippen molar-refractivity contribution < 1.29 is 13.2 Å². The zero-order chi connectivity index (χ0) is 17.0. The van der Waals surface area contributed by atoms with Crippen LogP contribution in [-0.4, -0.2) is 26.4 Å². The zero-order valence-electron chi connectivity index (χ0n) is 13.4. The number of nitrogens with zero attached hydrogens (tertiary/aromatic N) is 1. The van der Waals surface area contributed by atoms with Crippen LogP contribution in [0, 0.1) is 6.92 Å². The van der Waals surface area contributed by atoms with Crippen molar-refractivity contribution in [2.45, 2.75) is 25.3 Å². The molecule has 0 amide bonds. The first-order chi connectivity index (χ1) is 10.9. The lowest BCUT2D eigenvalue weighted by Crippen LogP contribution is -2.30. The lowest BCUT2D eigenvalue weighted by atomic mass is 10.1. The lowest BCUT2D eigenvalue weighted by molar-refractivity contribution is 0.391. The molecule has 0 saturated carbocycles. The quantitative estimate of drug-likeness (QED) is 0.740. The summed E-state index contributed by atoms with van der Waals surface area (Å²) in [5.74, 6) is 0.343. The van der Waals surface area contributed by atoms with Crippen LogP contribution in [-0.2, 0) is 16.6 Å². The molecule has 2 rings (SSSR count). The predicted molar refractivity (Wildman–Crippen MR) is 95.1 cm³/mol. The van der Waals surface area contributed by atoms with Gasteiger partial charge in [0.2, 0.25) is 10.0 Å². The largest absolute Gasteiger partial charge is 0.495 e. The average molecular weight is 398 g/mol. The number of aryl methyl sites for hydroxylation is 1. The molecule has 0 saturated heterocycles. The number of hydrogen-bond acceptors (Lipinski definition) is 3. The van der Waals surface area contributed by atoms with E-state index in [1.54, 1.807) is 18.2 Å². The summed E-state index contributed by atoms with van der Waals surface area (Å²) >= 11 is 3.33. The fourth-order valence-corrected chi connectivity index (χ4v) is 4.50. The molecule has 2 aromatic rings. The van der Waals surface area contributed by atoms with E-state index in [0.717, 1.165) is 11.1 Å². The van der Waals surface area contributed by atoms with Crippen molar-refractivity contribution in [2.24, 2.45) is 0 Å². The molecule has 0 atom stereocenters. The molecule has 0 N–H and O–H groups in total. The van der Waals surface area contributed by atoms with Gasteiger partial charge in [-0.1, -0.05) is 52.7 Å². The molecule has 0 aliphatic carbocycles. The van der Waals surface area contributed by atoms with E-state index >= 15 is 0 Å². The SMILES string of the molecule is CCN(Cc1cccc(C)c1)S(=O)(=O)c1cc(Br)ccc1OC. The summed E-state index contributed by atoms with van der Waals surface area (Å²) < 4.78 is 33.4. The highest BCUT2D eigenvalue weighted by Crippen LogP contribution is 2.30. The number of sulfonamides is 1. The molecule has 23 heavy (non-hydrogen) atoms. The molecule has 4 nitrogen and oxygen atoms in total. The maximum Gasteiger partial charge on any atom is 0.247 e. The Kier molecular flexibility index (Phi) is 5.84. The second-order valence-electron chi connectivity index (χ2n) is 5.22. The Labute approximate surface area is 146 Å². The highest BCUT2D eigenvalue weighted by Gasteiger charge is 2.27. The van der Waals surface area contributed by atoms with E-state index in [-0.39, 0.29) is 4.90 Å². The fraction of sp³-hybridized carbons (Fsp3) is 0.294. The third kappa shape index (κ3) is 4.13. The third-order valence-electron chi connectivity index (χ3n) is 3.54. The van der Waals surface area contributed by atoms with Crippen LogP contribution in [0.3, 0.4) is 0 Å². The molecule has 0 aromatic heterocycles. The van der Waals surface area contributed by atoms with Crippen molar-refractivity contribution in [3.05, 3.63) is 58.1 Å². The lowest BCUT2D eigenvalue weighted by Gasteiger charge is -2.22. The van der Waals surface area contributed by atoms with Crippen LogP contribution in [0.25, 0.3) is 0 Å². The standard InChI is InChI=1S/C17H20BrNO3S/c1-4-19(12-14-7-5-6-13(2)10-14)23(20,21)17-11-15(18)8-9-16(17)22-3/h5-11H,4,12H2,1-3H3. The Hall–Kier alpha value is -1.37. The summed E-state index contributed by atoms with van der Waals surface area (Å²) in [4.78, 5) is 0.170. The Morgan fingerprint density at radius 2 is 1.91 bits per heavy atom. The van der Waals surface area contributed by atoms with Crippen molar-refractivity contribution >= 4 is 26.0 Å². The molecular weight excluding hydrogens is 378 g/mol. The van der Waals surface area contributed by atoms with Gasteiger partial charge in [-0.15, -0.1) is 0 Å². The molecule has 0 spiro atoms. The van der Waals surface area contributed by atoms with Crippen molar-refractivity contribution in [1.82, 2.24) is 4.31 Å². The van der Waals surface area contributed by atoms with Crippen LogP contribution in [0.15, 0.2) is 51.8 Å². The van der Waals surface area contributed by atoms with Crippen LogP contribution >= 0.6 is 15.9 Å². The maximum atomic E-state index is 13.0. The summed E-state index contributed by atoms with van der Waals surface area (Å²) in [5.41, 5.74) is 2.07. The van der Waals surface area contributed by atoms with Gasteiger partial charge in [0.25, 0.3) is 0 Å². The minimum absolute atomic E-state index is 0.170. The molecule has 0 unspecified atom stereocenters. The van der Waals surface area contributed by atoms with Crippen molar-refractivity contribution in [3.63, 3.8) is 0 Å². The van der Waals surface area contributed by atoms with Gasteiger partial charge in [-0.05, 0) is 30.7 Å². The Morgan fingerprint density at radius 1 is 1.17 bits per heavy atom. The molecule has 0 fully saturated rings. The highest BCUT2D eigenvalue weighted by molar-refractivity contribution is 9.10. The summed E-state index contributed by atoms with van der Waals surface area (Å²) in [6.45, 7) is 4.53. The molecule has 2 aromatic carbocycles. The molecule has 0 aliphatic rings. The van der Waals surface area contributed by atoms with E-state index in [1.165, 1.54) is 11.4 Å². The number of rotatable bonds is 6. The monoisotopic (exact) mass is 397 g/mol. The molecule has 6 heteroatoms. The van der Waals surface area contributed by atoms with Crippen molar-refractivity contribution in [1.29, 1.82) is 0 Å². The highest BCUT2D eigenvalue weighted by atomic mass is 79.9. The maximum absolute atomic E-state index is 13.0. The van der Waals surface area contributed by atoms with Crippen LogP contribution in [0.5, 0.6) is 5.75 Å². The Bertz CT molecular complexity index is 790. The molecular formula is C17H20BrNO3S. The second kappa shape index (κ2) is 7.47. The summed E-state index contributed by atoms with van der Waals surface area (Å²) in [6.07, 6.45) is 0. The van der Waals surface area contributed by atoms with Gasteiger partial charge < -0.3 is 4.74 Å². The minimum Gasteiger partial charge on any atom is -0.495 e.